The molecule has 0 spiro atoms. The highest BCUT2D eigenvalue weighted by Crippen LogP contribution is 2.24. The zero-order chi connectivity index (χ0) is 21.3. The van der Waals surface area contributed by atoms with E-state index in [9.17, 15) is 8.42 Å². The van der Waals surface area contributed by atoms with Gasteiger partial charge in [-0.1, -0.05) is 24.3 Å². The summed E-state index contributed by atoms with van der Waals surface area (Å²) in [5, 5.41) is 6.59. The number of rotatable bonds is 7. The average Bonchev–Trinajstić information content (AvgIpc) is 3.30. The molecule has 0 radical (unpaired) electrons. The second kappa shape index (κ2) is 8.17. The maximum Gasteiger partial charge on any atom is 0.240 e. The Morgan fingerprint density at radius 1 is 1.13 bits per heavy atom. The Bertz CT molecular complexity index is 1310. The summed E-state index contributed by atoms with van der Waals surface area (Å²) in [7, 11) is -2.04. The molecule has 7 nitrogen and oxygen atoms in total. The number of nitrogens with one attached hydrogen (secondary N) is 1. The summed E-state index contributed by atoms with van der Waals surface area (Å²) in [6, 6.07) is 12.8. The molecular weight excluding hydrogens is 420 g/mol. The summed E-state index contributed by atoms with van der Waals surface area (Å²) >= 11 is 1.49. The van der Waals surface area contributed by atoms with Gasteiger partial charge in [-0.2, -0.15) is 4.98 Å². The molecule has 2 aromatic heterocycles. The molecule has 1 N–H and O–H groups in total. The molecule has 156 valence electrons. The number of hydrogen-bond donors (Lipinski definition) is 1. The number of thiazole rings is 1. The van der Waals surface area contributed by atoms with Crippen molar-refractivity contribution in [2.24, 2.45) is 0 Å². The van der Waals surface area contributed by atoms with E-state index >= 15 is 0 Å². The van der Waals surface area contributed by atoms with E-state index in [1.807, 2.05) is 43.5 Å². The number of benzene rings is 2. The molecule has 9 heteroatoms. The molecule has 2 heterocycles. The second-order valence-electron chi connectivity index (χ2n) is 6.95. The van der Waals surface area contributed by atoms with Crippen LogP contribution in [-0.2, 0) is 16.4 Å². The van der Waals surface area contributed by atoms with E-state index in [2.05, 4.69) is 14.8 Å². The number of hydrogen-bond acceptors (Lipinski definition) is 6. The Morgan fingerprint density at radius 3 is 2.67 bits per heavy atom. The third kappa shape index (κ3) is 3.96. The highest BCUT2D eigenvalue weighted by atomic mass is 32.2. The van der Waals surface area contributed by atoms with Gasteiger partial charge in [-0.15, -0.1) is 16.4 Å². The first-order chi connectivity index (χ1) is 14.4. The fourth-order valence-electron chi connectivity index (χ4n) is 3.25. The normalized spacial score (nSPS) is 11.8. The van der Waals surface area contributed by atoms with Gasteiger partial charge in [0.25, 0.3) is 0 Å². The van der Waals surface area contributed by atoms with Crippen molar-refractivity contribution < 1.29 is 13.2 Å². The molecule has 4 rings (SSSR count). The minimum absolute atomic E-state index is 0.221. The minimum atomic E-state index is -3.61. The summed E-state index contributed by atoms with van der Waals surface area (Å²) in [4.78, 5) is 5.62. The summed E-state index contributed by atoms with van der Waals surface area (Å²) < 4.78 is 34.9. The van der Waals surface area contributed by atoms with Crippen molar-refractivity contribution in [2.45, 2.75) is 25.2 Å². The van der Waals surface area contributed by atoms with Crippen LogP contribution in [0.25, 0.3) is 16.3 Å². The van der Waals surface area contributed by atoms with Gasteiger partial charge >= 0.3 is 0 Å². The number of aryl methyl sites for hydroxylation is 2. The Kier molecular flexibility index (Phi) is 5.59. The van der Waals surface area contributed by atoms with E-state index in [0.29, 0.717) is 18.0 Å². The molecule has 0 amide bonds. The van der Waals surface area contributed by atoms with Crippen LogP contribution in [0.1, 0.15) is 16.8 Å². The molecule has 0 aliphatic carbocycles. The lowest BCUT2D eigenvalue weighted by Crippen LogP contribution is -2.26. The highest BCUT2D eigenvalue weighted by molar-refractivity contribution is 7.89. The maximum atomic E-state index is 12.6. The van der Waals surface area contributed by atoms with Crippen LogP contribution in [0, 0.1) is 13.8 Å². The van der Waals surface area contributed by atoms with Crippen LogP contribution in [0.3, 0.4) is 0 Å². The zero-order valence-electron chi connectivity index (χ0n) is 16.9. The fourth-order valence-corrected chi connectivity index (χ4v) is 5.22. The SMILES string of the molecule is COc1ccc(S(=O)(=O)NCCc2csc3nc(-c4ccccc4C)nn23)cc1C. The van der Waals surface area contributed by atoms with Crippen LogP contribution < -0.4 is 9.46 Å². The summed E-state index contributed by atoms with van der Waals surface area (Å²) in [5.41, 5.74) is 3.79. The predicted octanol–water partition coefficient (Wildman–Crippen LogP) is 3.60. The Labute approximate surface area is 179 Å². The molecule has 0 bridgehead atoms. The van der Waals surface area contributed by atoms with Gasteiger partial charge in [0.15, 0.2) is 5.82 Å². The molecule has 4 aromatic rings. The van der Waals surface area contributed by atoms with Crippen LogP contribution in [0.2, 0.25) is 0 Å². The van der Waals surface area contributed by atoms with Crippen LogP contribution in [0.15, 0.2) is 52.7 Å². The molecule has 0 unspecified atom stereocenters. The lowest BCUT2D eigenvalue weighted by atomic mass is 10.1. The average molecular weight is 443 g/mol. The number of methoxy groups -OCH3 is 1. The van der Waals surface area contributed by atoms with Gasteiger partial charge in [0.05, 0.1) is 17.7 Å². The molecule has 0 saturated heterocycles. The second-order valence-corrected chi connectivity index (χ2v) is 9.55. The first kappa shape index (κ1) is 20.5. The van der Waals surface area contributed by atoms with E-state index in [4.69, 9.17) is 4.74 Å². The lowest BCUT2D eigenvalue weighted by molar-refractivity contribution is 0.411. The van der Waals surface area contributed by atoms with Crippen LogP contribution in [0.4, 0.5) is 0 Å². The molecular formula is C21H22N4O3S2. The summed E-state index contributed by atoms with van der Waals surface area (Å²) in [6.45, 7) is 4.11. The quantitative estimate of drug-likeness (QED) is 0.473. The molecule has 0 aliphatic rings. The number of sulfonamides is 1. The van der Waals surface area contributed by atoms with Gasteiger partial charge in [-0.05, 0) is 43.2 Å². The van der Waals surface area contributed by atoms with Crippen molar-refractivity contribution in [1.29, 1.82) is 0 Å². The van der Waals surface area contributed by atoms with Gasteiger partial charge < -0.3 is 4.74 Å². The van der Waals surface area contributed by atoms with Crippen LogP contribution in [-0.4, -0.2) is 36.7 Å². The molecule has 0 atom stereocenters. The summed E-state index contributed by atoms with van der Waals surface area (Å²) in [5.74, 6) is 1.33. The van der Waals surface area contributed by atoms with E-state index < -0.39 is 10.0 Å². The minimum Gasteiger partial charge on any atom is -0.496 e. The molecule has 0 saturated carbocycles. The zero-order valence-corrected chi connectivity index (χ0v) is 18.5. The predicted molar refractivity (Wildman–Crippen MR) is 118 cm³/mol. The Morgan fingerprint density at radius 2 is 1.93 bits per heavy atom. The van der Waals surface area contributed by atoms with E-state index in [0.717, 1.165) is 27.3 Å². The first-order valence-corrected chi connectivity index (χ1v) is 11.8. The van der Waals surface area contributed by atoms with Gasteiger partial charge in [-0.25, -0.2) is 17.7 Å². The Hall–Kier alpha value is -2.75. The number of fused-ring (bicyclic) bond motifs is 1. The van der Waals surface area contributed by atoms with Crippen molar-refractivity contribution in [3.05, 3.63) is 64.7 Å². The van der Waals surface area contributed by atoms with Gasteiger partial charge in [0, 0.05) is 23.9 Å². The molecule has 30 heavy (non-hydrogen) atoms. The first-order valence-electron chi connectivity index (χ1n) is 9.42. The lowest BCUT2D eigenvalue weighted by Gasteiger charge is -2.09. The van der Waals surface area contributed by atoms with Crippen molar-refractivity contribution in [3.63, 3.8) is 0 Å². The third-order valence-electron chi connectivity index (χ3n) is 4.89. The van der Waals surface area contributed by atoms with Crippen molar-refractivity contribution >= 4 is 26.3 Å². The van der Waals surface area contributed by atoms with Crippen molar-refractivity contribution in [2.75, 3.05) is 13.7 Å². The van der Waals surface area contributed by atoms with Crippen molar-refractivity contribution in [3.8, 4) is 17.1 Å². The largest absolute Gasteiger partial charge is 0.496 e. The third-order valence-corrected chi connectivity index (χ3v) is 7.21. The highest BCUT2D eigenvalue weighted by Gasteiger charge is 2.17. The number of nitrogens with zero attached hydrogens (tertiary/aromatic N) is 3. The maximum absolute atomic E-state index is 12.6. The molecule has 2 aromatic carbocycles. The van der Waals surface area contributed by atoms with Crippen LogP contribution in [0.5, 0.6) is 5.75 Å². The van der Waals surface area contributed by atoms with Gasteiger partial charge in [-0.3, -0.25) is 0 Å². The summed E-state index contributed by atoms with van der Waals surface area (Å²) in [6.07, 6.45) is 0.505. The standard InChI is InChI=1S/C21H22N4O3S2/c1-14-6-4-5-7-18(14)20-23-21-25(24-20)16(13-29-21)10-11-22-30(26,27)17-8-9-19(28-3)15(2)12-17/h4-9,12-13,22H,10-11H2,1-3H3. The topological polar surface area (TPSA) is 85.6 Å². The van der Waals surface area contributed by atoms with E-state index in [-0.39, 0.29) is 11.4 Å². The van der Waals surface area contributed by atoms with Crippen LogP contribution >= 0.6 is 11.3 Å². The van der Waals surface area contributed by atoms with E-state index in [1.165, 1.54) is 11.3 Å². The molecule has 0 aliphatic heterocycles. The van der Waals surface area contributed by atoms with Gasteiger partial charge in [0.2, 0.25) is 15.0 Å². The van der Waals surface area contributed by atoms with E-state index in [1.54, 1.807) is 29.8 Å². The molecule has 0 fully saturated rings. The van der Waals surface area contributed by atoms with Gasteiger partial charge in [0.1, 0.15) is 5.75 Å². The fraction of sp³-hybridized carbons (Fsp3) is 0.238. The van der Waals surface area contributed by atoms with Crippen molar-refractivity contribution in [1.82, 2.24) is 19.3 Å². The number of ether oxygens (including phenoxy) is 1. The Balaban J connectivity index is 1.49. The smallest absolute Gasteiger partial charge is 0.240 e. The number of aromatic nitrogens is 3. The monoisotopic (exact) mass is 442 g/mol.